The van der Waals surface area contributed by atoms with E-state index < -0.39 is 75.4 Å². The largest absolute Gasteiger partial charge is 0.504 e. The van der Waals surface area contributed by atoms with E-state index in [1.54, 1.807) is 48.5 Å². The van der Waals surface area contributed by atoms with E-state index in [9.17, 15) is 32.7 Å². The number of alkyl halides is 3. The van der Waals surface area contributed by atoms with Gasteiger partial charge < -0.3 is 19.5 Å². The first-order valence-electron chi connectivity index (χ1n) is 19.3. The fourth-order valence-electron chi connectivity index (χ4n) is 9.95. The number of pyridine rings is 1. The number of hydrazine groups is 1. The summed E-state index contributed by atoms with van der Waals surface area (Å²) < 4.78 is 51.6. The Labute approximate surface area is 351 Å². The molecule has 4 aromatic rings. The highest BCUT2D eigenvalue weighted by Crippen LogP contribution is 2.65. The van der Waals surface area contributed by atoms with Crippen molar-refractivity contribution in [2.45, 2.75) is 30.4 Å². The van der Waals surface area contributed by atoms with Gasteiger partial charge in [-0.25, -0.2) is 4.98 Å². The van der Waals surface area contributed by atoms with Crippen LogP contribution in [-0.2, 0) is 35.5 Å². The van der Waals surface area contributed by atoms with Gasteiger partial charge in [-0.2, -0.15) is 18.2 Å². The molecule has 2 N–H and O–H groups in total. The third-order valence-corrected chi connectivity index (χ3v) is 13.1. The highest BCUT2D eigenvalue weighted by Gasteiger charge is 2.71. The number of halogens is 5. The topological polar surface area (TPSA) is 142 Å². The van der Waals surface area contributed by atoms with Crippen LogP contribution in [0.1, 0.15) is 35.4 Å². The second-order valence-corrected chi connectivity index (χ2v) is 16.3. The maximum atomic E-state index is 15.4. The first kappa shape index (κ1) is 39.8. The van der Waals surface area contributed by atoms with Crippen LogP contribution in [-0.4, -0.2) is 72.1 Å². The Morgan fingerprint density at radius 1 is 0.917 bits per heavy atom. The molecule has 9 rings (SSSR count). The number of nitrogens with zero attached hydrogens (tertiary/aromatic N) is 4. The summed E-state index contributed by atoms with van der Waals surface area (Å²) in [6.45, 7) is 2.57. The summed E-state index contributed by atoms with van der Waals surface area (Å²) in [5.41, 5.74) is 2.07. The van der Waals surface area contributed by atoms with Crippen LogP contribution in [0.2, 0.25) is 10.0 Å². The van der Waals surface area contributed by atoms with E-state index in [4.69, 9.17) is 32.7 Å². The number of para-hydroxylation sites is 1. The smallest absolute Gasteiger partial charge is 0.417 e. The van der Waals surface area contributed by atoms with Gasteiger partial charge in [0.15, 0.2) is 17.3 Å². The molecule has 3 aliphatic heterocycles. The minimum Gasteiger partial charge on any atom is -0.504 e. The number of imide groups is 2. The van der Waals surface area contributed by atoms with Crippen LogP contribution in [0.25, 0.3) is 0 Å². The second-order valence-electron chi connectivity index (χ2n) is 15.4. The van der Waals surface area contributed by atoms with Crippen molar-refractivity contribution in [1.82, 2.24) is 9.99 Å². The molecule has 0 radical (unpaired) electrons. The van der Waals surface area contributed by atoms with E-state index in [1.165, 1.54) is 18.1 Å². The standard InChI is InChI=1S/C43H36Cl2F3N5O7/c1-59-33-4-2-3-29(36(33)54)35-27-13-14-28-34(40(57)52(38(28)55)26-11-9-25(10-12-26)51-15-17-60-18-16-51)30(27)20-31-39(56)53(41(58)42(31,35)22-5-7-24(44)8-6-22)50-37-32(45)19-23(21-49-37)43(46,47)48/h2-13,19,21,28,30-31,34-35,54H,14-18,20H2,1H3,(H,49,50)/t28-,30+,31-,34-,35+,42+/m0/s1. The van der Waals surface area contributed by atoms with Crippen molar-refractivity contribution >= 4 is 64.0 Å². The number of aromatic hydroxyl groups is 1. The molecular weight excluding hydrogens is 826 g/mol. The fraction of sp³-hybridized carbons (Fsp3) is 0.326. The van der Waals surface area contributed by atoms with E-state index in [2.05, 4.69) is 15.3 Å². The van der Waals surface area contributed by atoms with Crippen LogP contribution in [0.4, 0.5) is 30.4 Å². The highest BCUT2D eigenvalue weighted by molar-refractivity contribution is 6.33. The van der Waals surface area contributed by atoms with Crippen LogP contribution in [0.5, 0.6) is 11.5 Å². The maximum Gasteiger partial charge on any atom is 0.417 e. The van der Waals surface area contributed by atoms with Crippen LogP contribution in [0.15, 0.2) is 90.6 Å². The lowest BCUT2D eigenvalue weighted by Gasteiger charge is -2.50. The van der Waals surface area contributed by atoms with E-state index >= 15 is 4.79 Å². The SMILES string of the molecule is COc1cccc([C@H]2C3=CC[C@@H]4C(=O)N(c5ccc(N6CCOCC6)cc5)C(=O)[C@@H]4[C@@H]3C[C@H]3C(=O)N(Nc4ncc(C(F)(F)F)cc4Cl)C(=O)[C@@]23c2ccc(Cl)cc2)c1O. The number of phenols is 1. The molecule has 17 heteroatoms. The van der Waals surface area contributed by atoms with Gasteiger partial charge in [-0.15, -0.1) is 0 Å². The molecular formula is C43H36Cl2F3N5O7. The normalized spacial score (nSPS) is 26.5. The van der Waals surface area contributed by atoms with Crippen molar-refractivity contribution in [3.05, 3.63) is 117 Å². The molecule has 0 bridgehead atoms. The molecule has 4 fully saturated rings. The van der Waals surface area contributed by atoms with E-state index in [-0.39, 0.29) is 35.7 Å². The Kier molecular flexibility index (Phi) is 9.83. The summed E-state index contributed by atoms with van der Waals surface area (Å²) in [6.07, 6.45) is -2.36. The lowest BCUT2D eigenvalue weighted by Crippen LogP contribution is -2.53. The number of allylic oxidation sites excluding steroid dienone is 2. The number of rotatable bonds is 7. The van der Waals surface area contributed by atoms with Crippen molar-refractivity contribution in [2.75, 3.05) is 48.6 Å². The molecule has 3 aromatic carbocycles. The average Bonchev–Trinajstić information content (AvgIpc) is 3.62. The molecule has 2 aliphatic carbocycles. The number of amides is 4. The van der Waals surface area contributed by atoms with Crippen molar-refractivity contribution in [3.8, 4) is 11.5 Å². The molecule has 1 aromatic heterocycles. The molecule has 5 aliphatic rings. The molecule has 6 atom stereocenters. The number of ether oxygens (including phenoxy) is 2. The van der Waals surface area contributed by atoms with Gasteiger partial charge in [0, 0.05) is 41.5 Å². The molecule has 12 nitrogen and oxygen atoms in total. The van der Waals surface area contributed by atoms with E-state index in [1.807, 2.05) is 18.2 Å². The molecule has 0 unspecified atom stereocenters. The number of morpholine rings is 1. The predicted molar refractivity (Wildman–Crippen MR) is 213 cm³/mol. The number of fused-ring (bicyclic) bond motifs is 4. The fourth-order valence-corrected chi connectivity index (χ4v) is 10.3. The Bertz CT molecular complexity index is 2460. The van der Waals surface area contributed by atoms with Gasteiger partial charge in [0.05, 0.1) is 59.8 Å². The van der Waals surface area contributed by atoms with Gasteiger partial charge in [-0.05, 0) is 72.9 Å². The Morgan fingerprint density at radius 3 is 2.28 bits per heavy atom. The number of phenolic OH excluding ortho intramolecular Hbond substituents is 1. The average molecular weight is 863 g/mol. The number of hydrogen-bond donors (Lipinski definition) is 2. The van der Waals surface area contributed by atoms with Crippen molar-refractivity contribution in [3.63, 3.8) is 0 Å². The van der Waals surface area contributed by atoms with Crippen LogP contribution in [0, 0.1) is 23.7 Å². The zero-order valence-corrected chi connectivity index (χ0v) is 33.3. The summed E-state index contributed by atoms with van der Waals surface area (Å²) in [5, 5.41) is 12.4. The van der Waals surface area contributed by atoms with E-state index in [0.29, 0.717) is 65.4 Å². The number of carbonyl (C=O) groups excluding carboxylic acids is 4. The molecule has 60 heavy (non-hydrogen) atoms. The number of carbonyl (C=O) groups is 4. The number of nitrogens with one attached hydrogen (secondary N) is 1. The minimum absolute atomic E-state index is 0.0815. The van der Waals surface area contributed by atoms with Gasteiger partial charge in [-0.3, -0.25) is 29.5 Å². The van der Waals surface area contributed by atoms with Crippen LogP contribution < -0.4 is 20.0 Å². The third-order valence-electron chi connectivity index (χ3n) is 12.6. The van der Waals surface area contributed by atoms with Gasteiger partial charge in [0.25, 0.3) is 11.8 Å². The summed E-state index contributed by atoms with van der Waals surface area (Å²) in [5.74, 6) is -7.96. The summed E-state index contributed by atoms with van der Waals surface area (Å²) in [7, 11) is 1.37. The highest BCUT2D eigenvalue weighted by atomic mass is 35.5. The van der Waals surface area contributed by atoms with Gasteiger partial charge in [0.2, 0.25) is 11.8 Å². The molecule has 0 spiro atoms. The molecule has 310 valence electrons. The molecule has 4 amide bonds. The van der Waals surface area contributed by atoms with Crippen molar-refractivity contribution in [1.29, 1.82) is 0 Å². The van der Waals surface area contributed by atoms with Crippen molar-refractivity contribution < 1.29 is 46.9 Å². The summed E-state index contributed by atoms with van der Waals surface area (Å²) in [4.78, 5) is 66.6. The molecule has 1 saturated carbocycles. The number of aromatic nitrogens is 1. The van der Waals surface area contributed by atoms with E-state index in [0.717, 1.165) is 5.69 Å². The summed E-state index contributed by atoms with van der Waals surface area (Å²) >= 11 is 12.6. The lowest BCUT2D eigenvalue weighted by atomic mass is 9.49. The number of benzene rings is 3. The maximum absolute atomic E-state index is 15.4. The van der Waals surface area contributed by atoms with Crippen LogP contribution >= 0.6 is 23.2 Å². The molecule has 3 saturated heterocycles. The Hall–Kier alpha value is -5.64. The lowest BCUT2D eigenvalue weighted by molar-refractivity contribution is -0.139. The zero-order valence-electron chi connectivity index (χ0n) is 31.8. The second kappa shape index (κ2) is 14.8. The number of hydrogen-bond acceptors (Lipinski definition) is 10. The zero-order chi connectivity index (χ0) is 42.2. The summed E-state index contributed by atoms with van der Waals surface area (Å²) in [6, 6.07) is 18.9. The first-order chi connectivity index (χ1) is 28.7. The monoisotopic (exact) mass is 861 g/mol. The van der Waals surface area contributed by atoms with Crippen molar-refractivity contribution in [2.24, 2.45) is 23.7 Å². The Morgan fingerprint density at radius 2 is 1.62 bits per heavy atom. The number of anilines is 3. The minimum atomic E-state index is -4.77. The van der Waals surface area contributed by atoms with Crippen LogP contribution in [0.3, 0.4) is 0 Å². The van der Waals surface area contributed by atoms with Gasteiger partial charge >= 0.3 is 6.18 Å². The predicted octanol–water partition coefficient (Wildman–Crippen LogP) is 7.15. The molecule has 4 heterocycles. The first-order valence-corrected chi connectivity index (χ1v) is 20.0. The number of methoxy groups -OCH3 is 1. The van der Waals surface area contributed by atoms with Gasteiger partial charge in [-0.1, -0.05) is 59.1 Å². The third kappa shape index (κ3) is 6.11. The quantitative estimate of drug-likeness (QED) is 0.146. The Balaban J connectivity index is 1.17. The van der Waals surface area contributed by atoms with Gasteiger partial charge in [0.1, 0.15) is 0 Å².